The fourth-order valence-electron chi connectivity index (χ4n) is 2.60. The molecule has 0 aliphatic rings. The predicted octanol–water partition coefficient (Wildman–Crippen LogP) is 4.56. The van der Waals surface area contributed by atoms with Crippen LogP contribution in [-0.4, -0.2) is 24.0 Å². The van der Waals surface area contributed by atoms with E-state index in [4.69, 9.17) is 4.74 Å². The maximum absolute atomic E-state index is 12.5. The molecular weight excluding hydrogens is 346 g/mol. The van der Waals surface area contributed by atoms with Gasteiger partial charge in [0, 0.05) is 11.8 Å². The highest BCUT2D eigenvalue weighted by Gasteiger charge is 2.17. The minimum Gasteiger partial charge on any atom is -0.494 e. The number of ether oxygens (including phenoxy) is 1. The van der Waals surface area contributed by atoms with Crippen molar-refractivity contribution in [3.8, 4) is 5.75 Å². The first-order chi connectivity index (χ1) is 12.8. The van der Waals surface area contributed by atoms with Crippen molar-refractivity contribution in [2.45, 2.75) is 39.2 Å². The molecule has 2 rings (SSSR count). The molecule has 7 heteroatoms. The topological polar surface area (TPSA) is 93.5 Å². The van der Waals surface area contributed by atoms with Gasteiger partial charge in [-0.25, -0.2) is 0 Å². The fourth-order valence-corrected chi connectivity index (χ4v) is 2.60. The van der Waals surface area contributed by atoms with Crippen LogP contribution in [0.25, 0.3) is 0 Å². The van der Waals surface area contributed by atoms with Crippen LogP contribution < -0.4 is 15.4 Å². The number of non-ortho nitro benzene ring substituents is 1. The summed E-state index contributed by atoms with van der Waals surface area (Å²) in [6.07, 6.45) is 1.07. The van der Waals surface area contributed by atoms with Crippen LogP contribution >= 0.6 is 0 Å². The molecule has 144 valence electrons. The van der Waals surface area contributed by atoms with Crippen LogP contribution in [0.4, 0.5) is 17.1 Å². The average Bonchev–Trinajstić information content (AvgIpc) is 2.67. The highest BCUT2D eigenvalue weighted by molar-refractivity contribution is 5.97. The molecule has 0 fully saturated rings. The summed E-state index contributed by atoms with van der Waals surface area (Å²) < 4.78 is 5.14. The SMILES string of the molecule is CC[C@H](C)c1ccc(N[C@@H](C)C(=O)Nc2ccc([N+](=O)[O-])cc2OC)cc1. The lowest BCUT2D eigenvalue weighted by Gasteiger charge is -2.17. The molecule has 0 saturated carbocycles. The minimum absolute atomic E-state index is 0.0996. The lowest BCUT2D eigenvalue weighted by molar-refractivity contribution is -0.384. The summed E-state index contributed by atoms with van der Waals surface area (Å²) in [5.74, 6) is 0.463. The molecule has 0 aliphatic carbocycles. The summed E-state index contributed by atoms with van der Waals surface area (Å²) in [4.78, 5) is 22.8. The zero-order valence-corrected chi connectivity index (χ0v) is 16.0. The molecule has 1 amide bonds. The van der Waals surface area contributed by atoms with Gasteiger partial charge in [-0.2, -0.15) is 0 Å². The Hall–Kier alpha value is -3.09. The summed E-state index contributed by atoms with van der Waals surface area (Å²) in [5, 5.41) is 16.7. The Morgan fingerprint density at radius 2 is 1.85 bits per heavy atom. The molecule has 2 aromatic rings. The second kappa shape index (κ2) is 9.02. The number of nitrogens with one attached hydrogen (secondary N) is 2. The lowest BCUT2D eigenvalue weighted by atomic mass is 9.98. The molecule has 0 unspecified atom stereocenters. The predicted molar refractivity (Wildman–Crippen MR) is 107 cm³/mol. The lowest BCUT2D eigenvalue weighted by Crippen LogP contribution is -2.32. The van der Waals surface area contributed by atoms with E-state index in [1.807, 2.05) is 12.1 Å². The molecule has 2 N–H and O–H groups in total. The molecule has 0 aromatic heterocycles. The van der Waals surface area contributed by atoms with Gasteiger partial charge in [0.15, 0.2) is 0 Å². The van der Waals surface area contributed by atoms with Gasteiger partial charge in [0.25, 0.3) is 5.69 Å². The number of hydrogen-bond acceptors (Lipinski definition) is 5. The molecule has 7 nitrogen and oxygen atoms in total. The maximum Gasteiger partial charge on any atom is 0.273 e. The van der Waals surface area contributed by atoms with Gasteiger partial charge in [-0.15, -0.1) is 0 Å². The second-order valence-corrected chi connectivity index (χ2v) is 6.43. The van der Waals surface area contributed by atoms with Crippen molar-refractivity contribution in [2.75, 3.05) is 17.7 Å². The van der Waals surface area contributed by atoms with Gasteiger partial charge in [0.05, 0.1) is 23.8 Å². The van der Waals surface area contributed by atoms with Gasteiger partial charge < -0.3 is 15.4 Å². The molecule has 0 spiro atoms. The molecule has 0 aliphatic heterocycles. The number of rotatable bonds is 8. The van der Waals surface area contributed by atoms with Crippen LogP contribution in [0.15, 0.2) is 42.5 Å². The smallest absolute Gasteiger partial charge is 0.273 e. The number of benzene rings is 2. The number of amides is 1. The zero-order valence-electron chi connectivity index (χ0n) is 16.0. The van der Waals surface area contributed by atoms with Crippen LogP contribution in [0.3, 0.4) is 0 Å². The van der Waals surface area contributed by atoms with E-state index in [9.17, 15) is 14.9 Å². The van der Waals surface area contributed by atoms with Crippen LogP contribution in [0.2, 0.25) is 0 Å². The Morgan fingerprint density at radius 3 is 2.41 bits per heavy atom. The van der Waals surface area contributed by atoms with E-state index in [1.165, 1.54) is 30.9 Å². The Bertz CT molecular complexity index is 805. The van der Waals surface area contributed by atoms with Crippen LogP contribution in [0.1, 0.15) is 38.7 Å². The van der Waals surface area contributed by atoms with E-state index in [0.29, 0.717) is 11.6 Å². The summed E-state index contributed by atoms with van der Waals surface area (Å²) >= 11 is 0. The van der Waals surface area contributed by atoms with Crippen LogP contribution in [-0.2, 0) is 4.79 Å². The Kier molecular flexibility index (Phi) is 6.76. The van der Waals surface area contributed by atoms with E-state index < -0.39 is 11.0 Å². The van der Waals surface area contributed by atoms with Gasteiger partial charge >= 0.3 is 0 Å². The van der Waals surface area contributed by atoms with Gasteiger partial charge in [0.1, 0.15) is 11.8 Å². The number of carbonyl (C=O) groups excluding carboxylic acids is 1. The van der Waals surface area contributed by atoms with E-state index in [2.05, 4.69) is 36.6 Å². The number of carbonyl (C=O) groups is 1. The first-order valence-electron chi connectivity index (χ1n) is 8.85. The highest BCUT2D eigenvalue weighted by atomic mass is 16.6. The summed E-state index contributed by atoms with van der Waals surface area (Å²) in [5.41, 5.74) is 2.39. The Labute approximate surface area is 158 Å². The number of nitrogens with zero attached hydrogens (tertiary/aromatic N) is 1. The molecule has 0 heterocycles. The molecule has 0 radical (unpaired) electrons. The minimum atomic E-state index is -0.513. The normalized spacial score (nSPS) is 12.7. The van der Waals surface area contributed by atoms with E-state index in [0.717, 1.165) is 12.1 Å². The second-order valence-electron chi connectivity index (χ2n) is 6.43. The number of hydrogen-bond donors (Lipinski definition) is 2. The van der Waals surface area contributed by atoms with Gasteiger partial charge in [-0.1, -0.05) is 26.0 Å². The van der Waals surface area contributed by atoms with Crippen molar-refractivity contribution in [1.82, 2.24) is 0 Å². The summed E-state index contributed by atoms with van der Waals surface area (Å²) in [6.45, 7) is 6.07. The summed E-state index contributed by atoms with van der Waals surface area (Å²) in [6, 6.07) is 11.6. The monoisotopic (exact) mass is 371 g/mol. The van der Waals surface area contributed by atoms with Gasteiger partial charge in [-0.05, 0) is 43.0 Å². The molecule has 2 aromatic carbocycles. The third-order valence-electron chi connectivity index (χ3n) is 4.52. The third-order valence-corrected chi connectivity index (χ3v) is 4.52. The van der Waals surface area contributed by atoms with Crippen molar-refractivity contribution in [3.63, 3.8) is 0 Å². The molecule has 2 atom stereocenters. The van der Waals surface area contributed by atoms with Crippen molar-refractivity contribution in [2.24, 2.45) is 0 Å². The highest BCUT2D eigenvalue weighted by Crippen LogP contribution is 2.29. The third kappa shape index (κ3) is 5.20. The van der Waals surface area contributed by atoms with E-state index >= 15 is 0 Å². The average molecular weight is 371 g/mol. The quantitative estimate of drug-likeness (QED) is 0.524. The zero-order chi connectivity index (χ0) is 20.0. The van der Waals surface area contributed by atoms with Crippen LogP contribution in [0.5, 0.6) is 5.75 Å². The Morgan fingerprint density at radius 1 is 1.19 bits per heavy atom. The molecular formula is C20H25N3O4. The van der Waals surface area contributed by atoms with Crippen molar-refractivity contribution >= 4 is 23.0 Å². The van der Waals surface area contributed by atoms with Crippen LogP contribution in [0, 0.1) is 10.1 Å². The number of anilines is 2. The fraction of sp³-hybridized carbons (Fsp3) is 0.350. The number of methoxy groups -OCH3 is 1. The first-order valence-corrected chi connectivity index (χ1v) is 8.85. The molecule has 0 saturated heterocycles. The molecule has 27 heavy (non-hydrogen) atoms. The number of nitro benzene ring substituents is 1. The van der Waals surface area contributed by atoms with Gasteiger partial charge in [0.2, 0.25) is 5.91 Å². The maximum atomic E-state index is 12.5. The van der Waals surface area contributed by atoms with Crippen molar-refractivity contribution in [1.29, 1.82) is 0 Å². The van der Waals surface area contributed by atoms with Crippen molar-refractivity contribution in [3.05, 3.63) is 58.1 Å². The first kappa shape index (κ1) is 20.2. The molecule has 0 bridgehead atoms. The standard InChI is InChI=1S/C20H25N3O4/c1-5-13(2)15-6-8-16(9-7-15)21-14(3)20(24)22-18-11-10-17(23(25)26)12-19(18)27-4/h6-14,21H,5H2,1-4H3,(H,22,24)/t13-,14-/m0/s1. The van der Waals surface area contributed by atoms with E-state index in [-0.39, 0.29) is 17.3 Å². The van der Waals surface area contributed by atoms with Gasteiger partial charge in [-0.3, -0.25) is 14.9 Å². The number of nitro groups is 1. The summed E-state index contributed by atoms with van der Waals surface area (Å²) in [7, 11) is 1.40. The largest absolute Gasteiger partial charge is 0.494 e. The van der Waals surface area contributed by atoms with E-state index in [1.54, 1.807) is 6.92 Å². The Balaban J connectivity index is 2.04. The van der Waals surface area contributed by atoms with Crippen molar-refractivity contribution < 1.29 is 14.5 Å².